The number of rotatable bonds is 3. The van der Waals surface area contributed by atoms with Crippen LogP contribution in [0, 0.1) is 6.92 Å². The molecule has 1 aliphatic heterocycles. The third kappa shape index (κ3) is 4.76. The van der Waals surface area contributed by atoms with E-state index in [1.165, 1.54) is 12.1 Å². The van der Waals surface area contributed by atoms with Gasteiger partial charge in [0.1, 0.15) is 11.6 Å². The van der Waals surface area contributed by atoms with Crippen LogP contribution in [-0.2, 0) is 12.7 Å². The number of nitrogens with zero attached hydrogens (tertiary/aromatic N) is 4. The first kappa shape index (κ1) is 20.3. The van der Waals surface area contributed by atoms with Crippen molar-refractivity contribution in [1.29, 1.82) is 0 Å². The van der Waals surface area contributed by atoms with Crippen molar-refractivity contribution in [2.75, 3.05) is 36.8 Å². The molecule has 1 fully saturated rings. The molecule has 0 saturated carbocycles. The second kappa shape index (κ2) is 8.09. The molecule has 1 aromatic carbocycles. The quantitative estimate of drug-likeness (QED) is 0.876. The third-order valence-corrected chi connectivity index (χ3v) is 4.34. The first-order valence-electron chi connectivity index (χ1n) is 8.05. The number of nitrogens with two attached hydrogens (primary N) is 1. The highest BCUT2D eigenvalue weighted by molar-refractivity contribution is 5.85. The van der Waals surface area contributed by atoms with E-state index in [1.54, 1.807) is 13.1 Å². The highest BCUT2D eigenvalue weighted by Gasteiger charge is 2.30. The first-order valence-corrected chi connectivity index (χ1v) is 8.05. The molecule has 2 aromatic rings. The Balaban J connectivity index is 0.00000243. The van der Waals surface area contributed by atoms with Crippen molar-refractivity contribution >= 4 is 23.9 Å². The zero-order valence-corrected chi connectivity index (χ0v) is 15.1. The molecule has 1 saturated heterocycles. The SMILES string of the molecule is Cc1ncc(CN2CCN(c3ccc(C(F)(F)F)cc3)CC2)c(N)n1.Cl. The molecular weight excluding hydrogens is 367 g/mol. The number of nitrogen functional groups attached to an aromatic ring is 1. The van der Waals surface area contributed by atoms with Crippen LogP contribution in [0.5, 0.6) is 0 Å². The monoisotopic (exact) mass is 387 g/mol. The fourth-order valence-electron chi connectivity index (χ4n) is 2.90. The number of halogens is 4. The maximum Gasteiger partial charge on any atom is 0.416 e. The Morgan fingerprint density at radius 3 is 2.23 bits per heavy atom. The number of anilines is 2. The summed E-state index contributed by atoms with van der Waals surface area (Å²) >= 11 is 0. The van der Waals surface area contributed by atoms with Crippen molar-refractivity contribution in [2.45, 2.75) is 19.6 Å². The van der Waals surface area contributed by atoms with E-state index in [0.717, 1.165) is 49.6 Å². The maximum absolute atomic E-state index is 12.6. The Morgan fingerprint density at radius 1 is 1.08 bits per heavy atom. The molecule has 1 aliphatic rings. The molecule has 0 bridgehead atoms. The van der Waals surface area contributed by atoms with Crippen molar-refractivity contribution in [3.63, 3.8) is 0 Å². The van der Waals surface area contributed by atoms with Gasteiger partial charge in [0.05, 0.1) is 5.56 Å². The smallest absolute Gasteiger partial charge is 0.383 e. The van der Waals surface area contributed by atoms with Crippen LogP contribution in [-0.4, -0.2) is 41.0 Å². The molecule has 0 atom stereocenters. The first-order chi connectivity index (χ1) is 11.8. The van der Waals surface area contributed by atoms with Crippen LogP contribution in [0.3, 0.4) is 0 Å². The van der Waals surface area contributed by atoms with E-state index in [2.05, 4.69) is 19.8 Å². The highest BCUT2D eigenvalue weighted by Crippen LogP contribution is 2.30. The molecule has 0 spiro atoms. The van der Waals surface area contributed by atoms with Gasteiger partial charge in [-0.3, -0.25) is 4.90 Å². The predicted molar refractivity (Wildman–Crippen MR) is 97.4 cm³/mol. The number of piperazine rings is 1. The van der Waals surface area contributed by atoms with Crippen LogP contribution in [0.1, 0.15) is 17.0 Å². The molecular formula is C17H21ClF3N5. The Hall–Kier alpha value is -2.06. The van der Waals surface area contributed by atoms with Gasteiger partial charge >= 0.3 is 6.18 Å². The lowest BCUT2D eigenvalue weighted by Crippen LogP contribution is -2.46. The van der Waals surface area contributed by atoms with E-state index in [9.17, 15) is 13.2 Å². The summed E-state index contributed by atoms with van der Waals surface area (Å²) in [5.41, 5.74) is 7.01. The average Bonchev–Trinajstić information content (AvgIpc) is 2.57. The lowest BCUT2D eigenvalue weighted by Gasteiger charge is -2.36. The minimum atomic E-state index is -4.30. The molecule has 0 radical (unpaired) electrons. The van der Waals surface area contributed by atoms with E-state index < -0.39 is 11.7 Å². The second-order valence-corrected chi connectivity index (χ2v) is 6.14. The normalized spacial score (nSPS) is 15.6. The summed E-state index contributed by atoms with van der Waals surface area (Å²) in [5, 5.41) is 0. The summed E-state index contributed by atoms with van der Waals surface area (Å²) in [6.45, 7) is 5.56. The Morgan fingerprint density at radius 2 is 1.69 bits per heavy atom. The molecule has 0 aliphatic carbocycles. The number of aryl methyl sites for hydroxylation is 1. The Labute approximate surface area is 156 Å². The number of hydrogen-bond acceptors (Lipinski definition) is 5. The topological polar surface area (TPSA) is 58.3 Å². The zero-order chi connectivity index (χ0) is 18.0. The van der Waals surface area contributed by atoms with Crippen LogP contribution < -0.4 is 10.6 Å². The lowest BCUT2D eigenvalue weighted by molar-refractivity contribution is -0.137. The lowest BCUT2D eigenvalue weighted by atomic mass is 10.1. The number of hydrogen-bond donors (Lipinski definition) is 1. The molecule has 142 valence electrons. The van der Waals surface area contributed by atoms with E-state index in [4.69, 9.17) is 5.73 Å². The van der Waals surface area contributed by atoms with Crippen molar-refractivity contribution in [3.8, 4) is 0 Å². The Kier molecular flexibility index (Phi) is 6.30. The summed E-state index contributed by atoms with van der Waals surface area (Å²) in [4.78, 5) is 12.7. The summed E-state index contributed by atoms with van der Waals surface area (Å²) < 4.78 is 37.9. The molecule has 2 heterocycles. The summed E-state index contributed by atoms with van der Waals surface area (Å²) in [5.74, 6) is 1.14. The standard InChI is InChI=1S/C17H20F3N5.ClH/c1-12-22-10-13(16(21)23-12)11-24-6-8-25(9-7-24)15-4-2-14(3-5-15)17(18,19)20;/h2-5,10H,6-9,11H2,1H3,(H2,21,22,23);1H. The molecule has 1 aromatic heterocycles. The predicted octanol–water partition coefficient (Wildman–Crippen LogP) is 3.13. The van der Waals surface area contributed by atoms with Crippen LogP contribution in [0.4, 0.5) is 24.7 Å². The van der Waals surface area contributed by atoms with Gasteiger partial charge in [0.15, 0.2) is 0 Å². The molecule has 9 heteroatoms. The van der Waals surface area contributed by atoms with Gasteiger partial charge in [-0.2, -0.15) is 13.2 Å². The van der Waals surface area contributed by atoms with E-state index in [-0.39, 0.29) is 12.4 Å². The molecule has 2 N–H and O–H groups in total. The van der Waals surface area contributed by atoms with E-state index >= 15 is 0 Å². The van der Waals surface area contributed by atoms with Crippen LogP contribution in [0.15, 0.2) is 30.5 Å². The van der Waals surface area contributed by atoms with Gasteiger partial charge in [0, 0.05) is 50.2 Å². The molecule has 26 heavy (non-hydrogen) atoms. The van der Waals surface area contributed by atoms with Crippen LogP contribution in [0.2, 0.25) is 0 Å². The van der Waals surface area contributed by atoms with Gasteiger partial charge in [-0.25, -0.2) is 9.97 Å². The number of benzene rings is 1. The number of aromatic nitrogens is 2. The fourth-order valence-corrected chi connectivity index (χ4v) is 2.90. The maximum atomic E-state index is 12.6. The summed E-state index contributed by atoms with van der Waals surface area (Å²) in [6, 6.07) is 5.33. The van der Waals surface area contributed by atoms with Crippen LogP contribution >= 0.6 is 12.4 Å². The van der Waals surface area contributed by atoms with Gasteiger partial charge in [-0.05, 0) is 31.2 Å². The minimum Gasteiger partial charge on any atom is -0.383 e. The van der Waals surface area contributed by atoms with Gasteiger partial charge in [0.2, 0.25) is 0 Å². The molecule has 3 rings (SSSR count). The Bertz CT molecular complexity index is 728. The van der Waals surface area contributed by atoms with Crippen molar-refractivity contribution in [1.82, 2.24) is 14.9 Å². The zero-order valence-electron chi connectivity index (χ0n) is 14.3. The van der Waals surface area contributed by atoms with Gasteiger partial charge in [-0.1, -0.05) is 0 Å². The molecule has 0 unspecified atom stereocenters. The van der Waals surface area contributed by atoms with Gasteiger partial charge < -0.3 is 10.6 Å². The number of alkyl halides is 3. The largest absolute Gasteiger partial charge is 0.416 e. The third-order valence-electron chi connectivity index (χ3n) is 4.34. The average molecular weight is 388 g/mol. The van der Waals surface area contributed by atoms with Crippen molar-refractivity contribution in [2.24, 2.45) is 0 Å². The van der Waals surface area contributed by atoms with Gasteiger partial charge in [0.25, 0.3) is 0 Å². The van der Waals surface area contributed by atoms with E-state index in [0.29, 0.717) is 18.2 Å². The summed E-state index contributed by atoms with van der Waals surface area (Å²) in [6.07, 6.45) is -2.55. The van der Waals surface area contributed by atoms with Crippen LogP contribution in [0.25, 0.3) is 0 Å². The van der Waals surface area contributed by atoms with Crippen molar-refractivity contribution in [3.05, 3.63) is 47.4 Å². The minimum absolute atomic E-state index is 0. The molecule has 5 nitrogen and oxygen atoms in total. The van der Waals surface area contributed by atoms with Gasteiger partial charge in [-0.15, -0.1) is 12.4 Å². The second-order valence-electron chi connectivity index (χ2n) is 6.14. The van der Waals surface area contributed by atoms with E-state index in [1.807, 2.05) is 0 Å². The highest BCUT2D eigenvalue weighted by atomic mass is 35.5. The van der Waals surface area contributed by atoms with Crippen molar-refractivity contribution < 1.29 is 13.2 Å². The molecule has 0 amide bonds. The fraction of sp³-hybridized carbons (Fsp3) is 0.412. The summed E-state index contributed by atoms with van der Waals surface area (Å²) in [7, 11) is 0.